The quantitative estimate of drug-likeness (QED) is 0.692. The van der Waals surface area contributed by atoms with E-state index in [9.17, 15) is 4.79 Å². The van der Waals surface area contributed by atoms with E-state index in [1.807, 2.05) is 19.1 Å². The van der Waals surface area contributed by atoms with Gasteiger partial charge in [-0.2, -0.15) is 0 Å². The van der Waals surface area contributed by atoms with Crippen molar-refractivity contribution in [2.24, 2.45) is 5.73 Å². The van der Waals surface area contributed by atoms with Crippen LogP contribution in [-0.2, 0) is 11.2 Å². The molecular weight excluding hydrogens is 242 g/mol. The highest BCUT2D eigenvalue weighted by atomic mass is 16.5. The van der Waals surface area contributed by atoms with Gasteiger partial charge in [-0.05, 0) is 32.0 Å². The maximum Gasteiger partial charge on any atom is 0.257 e. The molecule has 106 valence electrons. The maximum absolute atomic E-state index is 11.5. The van der Waals surface area contributed by atoms with Crippen molar-refractivity contribution in [1.29, 1.82) is 0 Å². The van der Waals surface area contributed by atoms with Gasteiger partial charge in [-0.15, -0.1) is 0 Å². The molecule has 0 radical (unpaired) electrons. The molecule has 3 N–H and O–H groups in total. The summed E-state index contributed by atoms with van der Waals surface area (Å²) >= 11 is 0. The number of hydrogen-bond acceptors (Lipinski definition) is 4. The van der Waals surface area contributed by atoms with E-state index in [2.05, 4.69) is 17.2 Å². The topological polar surface area (TPSA) is 77.2 Å². The van der Waals surface area contributed by atoms with E-state index in [1.165, 1.54) is 0 Å². The number of pyridine rings is 1. The summed E-state index contributed by atoms with van der Waals surface area (Å²) in [5.74, 6) is 0.536. The summed E-state index contributed by atoms with van der Waals surface area (Å²) in [6.45, 7) is 5.23. The van der Waals surface area contributed by atoms with Crippen molar-refractivity contribution >= 4 is 5.91 Å². The first kappa shape index (κ1) is 15.4. The zero-order chi connectivity index (χ0) is 14.1. The number of nitrogens with zero attached hydrogens (tertiary/aromatic N) is 1. The second kappa shape index (κ2) is 8.48. The molecule has 1 rings (SSSR count). The van der Waals surface area contributed by atoms with E-state index in [-0.39, 0.29) is 12.5 Å². The van der Waals surface area contributed by atoms with Crippen LogP contribution < -0.4 is 15.8 Å². The van der Waals surface area contributed by atoms with Gasteiger partial charge in [0.15, 0.2) is 6.61 Å². The van der Waals surface area contributed by atoms with Gasteiger partial charge in [0, 0.05) is 18.7 Å². The lowest BCUT2D eigenvalue weighted by Crippen LogP contribution is -2.29. The summed E-state index contributed by atoms with van der Waals surface area (Å²) in [5.41, 5.74) is 7.27. The Morgan fingerprint density at radius 2 is 2.26 bits per heavy atom. The number of nitrogens with two attached hydrogens (primary N) is 1. The standard InChI is InChI=1S/C14H23N3O2/c1-3-4-9-16-14(18)10-19-13-6-5-11(2)17-12(13)7-8-15/h5-6H,3-4,7-10,15H2,1-2H3,(H,16,18). The molecule has 19 heavy (non-hydrogen) atoms. The molecule has 0 fully saturated rings. The third-order valence-electron chi connectivity index (χ3n) is 2.66. The maximum atomic E-state index is 11.5. The van der Waals surface area contributed by atoms with Crippen LogP contribution in [0.3, 0.4) is 0 Å². The van der Waals surface area contributed by atoms with Crippen molar-refractivity contribution in [1.82, 2.24) is 10.3 Å². The molecule has 0 atom stereocenters. The Balaban J connectivity index is 2.50. The van der Waals surface area contributed by atoms with Gasteiger partial charge in [0.1, 0.15) is 5.75 Å². The summed E-state index contributed by atoms with van der Waals surface area (Å²) in [4.78, 5) is 15.9. The van der Waals surface area contributed by atoms with Gasteiger partial charge in [0.25, 0.3) is 5.91 Å². The smallest absolute Gasteiger partial charge is 0.257 e. The first-order valence-corrected chi connectivity index (χ1v) is 6.73. The first-order valence-electron chi connectivity index (χ1n) is 6.73. The highest BCUT2D eigenvalue weighted by molar-refractivity contribution is 5.77. The molecule has 1 amide bonds. The summed E-state index contributed by atoms with van der Waals surface area (Å²) in [7, 11) is 0. The molecule has 5 nitrogen and oxygen atoms in total. The Bertz CT molecular complexity index is 408. The lowest BCUT2D eigenvalue weighted by molar-refractivity contribution is -0.123. The fourth-order valence-electron chi connectivity index (χ4n) is 1.64. The van der Waals surface area contributed by atoms with Gasteiger partial charge >= 0.3 is 0 Å². The number of hydrogen-bond donors (Lipinski definition) is 2. The fraction of sp³-hybridized carbons (Fsp3) is 0.571. The van der Waals surface area contributed by atoms with Crippen molar-refractivity contribution < 1.29 is 9.53 Å². The third kappa shape index (κ3) is 5.70. The summed E-state index contributed by atoms with van der Waals surface area (Å²) < 4.78 is 5.51. The van der Waals surface area contributed by atoms with Crippen LogP contribution in [0.2, 0.25) is 0 Å². The Kier molecular flexibility index (Phi) is 6.89. The molecule has 0 saturated heterocycles. The second-order valence-corrected chi connectivity index (χ2v) is 4.43. The number of amides is 1. The number of rotatable bonds is 8. The van der Waals surface area contributed by atoms with Gasteiger partial charge in [-0.1, -0.05) is 13.3 Å². The predicted molar refractivity (Wildman–Crippen MR) is 75.1 cm³/mol. The lowest BCUT2D eigenvalue weighted by atomic mass is 10.2. The highest BCUT2D eigenvalue weighted by Gasteiger charge is 2.07. The molecule has 0 aliphatic carbocycles. The van der Waals surface area contributed by atoms with Gasteiger partial charge in [0.2, 0.25) is 0 Å². The van der Waals surface area contributed by atoms with Crippen LogP contribution in [0.15, 0.2) is 12.1 Å². The van der Waals surface area contributed by atoms with Crippen LogP contribution >= 0.6 is 0 Å². The lowest BCUT2D eigenvalue weighted by Gasteiger charge is -2.11. The van der Waals surface area contributed by atoms with E-state index >= 15 is 0 Å². The number of carbonyl (C=O) groups is 1. The third-order valence-corrected chi connectivity index (χ3v) is 2.66. The van der Waals surface area contributed by atoms with Gasteiger partial charge in [-0.25, -0.2) is 0 Å². The van der Waals surface area contributed by atoms with Crippen molar-refractivity contribution in [3.63, 3.8) is 0 Å². The summed E-state index contributed by atoms with van der Waals surface area (Å²) in [6, 6.07) is 3.71. The minimum Gasteiger partial charge on any atom is -0.482 e. The van der Waals surface area contributed by atoms with E-state index in [0.717, 1.165) is 24.2 Å². The Hall–Kier alpha value is -1.62. The molecular formula is C14H23N3O2. The normalized spacial score (nSPS) is 10.3. The zero-order valence-corrected chi connectivity index (χ0v) is 11.7. The Labute approximate surface area is 114 Å². The fourth-order valence-corrected chi connectivity index (χ4v) is 1.64. The van der Waals surface area contributed by atoms with Gasteiger partial charge in [-0.3, -0.25) is 9.78 Å². The monoisotopic (exact) mass is 265 g/mol. The number of ether oxygens (including phenoxy) is 1. The molecule has 0 aliphatic rings. The van der Waals surface area contributed by atoms with Crippen LogP contribution in [0.1, 0.15) is 31.2 Å². The number of unbranched alkanes of at least 4 members (excludes halogenated alkanes) is 1. The largest absolute Gasteiger partial charge is 0.482 e. The molecule has 5 heteroatoms. The first-order chi connectivity index (χ1) is 9.17. The Morgan fingerprint density at radius 1 is 1.47 bits per heavy atom. The van der Waals surface area contributed by atoms with Gasteiger partial charge in [0.05, 0.1) is 5.69 Å². The van der Waals surface area contributed by atoms with Crippen LogP contribution in [0.4, 0.5) is 0 Å². The van der Waals surface area contributed by atoms with Crippen molar-refractivity contribution in [3.8, 4) is 5.75 Å². The van der Waals surface area contributed by atoms with Crippen molar-refractivity contribution in [2.75, 3.05) is 19.7 Å². The van der Waals surface area contributed by atoms with Crippen LogP contribution in [0.5, 0.6) is 5.75 Å². The van der Waals surface area contributed by atoms with Gasteiger partial charge < -0.3 is 15.8 Å². The van der Waals surface area contributed by atoms with E-state index in [1.54, 1.807) is 0 Å². The molecule has 1 aromatic heterocycles. The molecule has 0 unspecified atom stereocenters. The molecule has 0 saturated carbocycles. The van der Waals surface area contributed by atoms with E-state index in [4.69, 9.17) is 10.5 Å². The summed E-state index contributed by atoms with van der Waals surface area (Å²) in [6.07, 6.45) is 2.69. The van der Waals surface area contributed by atoms with Crippen molar-refractivity contribution in [2.45, 2.75) is 33.1 Å². The molecule has 0 spiro atoms. The Morgan fingerprint density at radius 3 is 2.95 bits per heavy atom. The summed E-state index contributed by atoms with van der Waals surface area (Å²) in [5, 5.41) is 2.81. The number of nitrogens with one attached hydrogen (secondary N) is 1. The van der Waals surface area contributed by atoms with Crippen molar-refractivity contribution in [3.05, 3.63) is 23.5 Å². The molecule has 0 aromatic carbocycles. The number of aryl methyl sites for hydroxylation is 1. The van der Waals surface area contributed by atoms with E-state index in [0.29, 0.717) is 25.3 Å². The highest BCUT2D eigenvalue weighted by Crippen LogP contribution is 2.17. The molecule has 0 aliphatic heterocycles. The van der Waals surface area contributed by atoms with Crippen LogP contribution in [0, 0.1) is 6.92 Å². The van der Waals surface area contributed by atoms with Crippen LogP contribution in [0.25, 0.3) is 0 Å². The predicted octanol–water partition coefficient (Wildman–Crippen LogP) is 1.19. The van der Waals surface area contributed by atoms with Crippen LogP contribution in [-0.4, -0.2) is 30.6 Å². The molecule has 0 bridgehead atoms. The SMILES string of the molecule is CCCCNC(=O)COc1ccc(C)nc1CCN. The average molecular weight is 265 g/mol. The minimum atomic E-state index is -0.104. The molecule has 1 heterocycles. The van der Waals surface area contributed by atoms with E-state index < -0.39 is 0 Å². The second-order valence-electron chi connectivity index (χ2n) is 4.43. The molecule has 1 aromatic rings. The number of aromatic nitrogens is 1. The average Bonchev–Trinajstić information content (AvgIpc) is 2.38. The number of carbonyl (C=O) groups excluding carboxylic acids is 1. The zero-order valence-electron chi connectivity index (χ0n) is 11.7. The minimum absolute atomic E-state index is 0.0199.